The summed E-state index contributed by atoms with van der Waals surface area (Å²) in [6.07, 6.45) is 1.65. The molecule has 4 nitrogen and oxygen atoms in total. The average Bonchev–Trinajstić information content (AvgIpc) is 2.88. The van der Waals surface area contributed by atoms with E-state index in [9.17, 15) is 9.59 Å². The topological polar surface area (TPSA) is 40.6 Å². The third-order valence-electron chi connectivity index (χ3n) is 3.84. The summed E-state index contributed by atoms with van der Waals surface area (Å²) in [7, 11) is 3.44. The second kappa shape index (κ2) is 5.65. The molecule has 1 aliphatic heterocycles. The van der Waals surface area contributed by atoms with E-state index in [-0.39, 0.29) is 17.9 Å². The number of Topliss-reactive ketones (excluding diaryl/α,β-unsaturated/α-hetero) is 1. The van der Waals surface area contributed by atoms with Gasteiger partial charge in [-0.05, 0) is 38.3 Å². The number of carbonyl (C=O) groups is 2. The third kappa shape index (κ3) is 2.69. The number of urea groups is 1. The van der Waals surface area contributed by atoms with Crippen molar-refractivity contribution in [3.05, 3.63) is 34.9 Å². The second-order valence-corrected chi connectivity index (χ2v) is 5.71. The molecule has 2 rings (SSSR count). The predicted molar refractivity (Wildman–Crippen MR) is 79.1 cm³/mol. The van der Waals surface area contributed by atoms with Crippen molar-refractivity contribution in [1.29, 1.82) is 0 Å². The van der Waals surface area contributed by atoms with Crippen LogP contribution in [-0.4, -0.2) is 48.3 Å². The Kier molecular flexibility index (Phi) is 4.12. The number of ketones is 1. The van der Waals surface area contributed by atoms with Crippen LogP contribution in [0.15, 0.2) is 18.2 Å². The smallest absolute Gasteiger partial charge is 0.320 e. The SMILES string of the molecule is Cc1ccc(C)c(C(=O)C2CCCN2C(=O)N(C)C)c1. The molecule has 1 heterocycles. The first-order valence-electron chi connectivity index (χ1n) is 7.01. The lowest BCUT2D eigenvalue weighted by Crippen LogP contribution is -2.45. The molecule has 0 radical (unpaired) electrons. The molecule has 0 aliphatic carbocycles. The van der Waals surface area contributed by atoms with Crippen LogP contribution in [0, 0.1) is 13.8 Å². The zero-order valence-electron chi connectivity index (χ0n) is 12.6. The number of benzene rings is 1. The number of likely N-dealkylation sites (tertiary alicyclic amines) is 1. The largest absolute Gasteiger partial charge is 0.331 e. The molecule has 0 bridgehead atoms. The van der Waals surface area contributed by atoms with Gasteiger partial charge in [-0.2, -0.15) is 0 Å². The van der Waals surface area contributed by atoms with Gasteiger partial charge in [0.2, 0.25) is 0 Å². The molecule has 2 amide bonds. The second-order valence-electron chi connectivity index (χ2n) is 5.71. The molecule has 0 spiro atoms. The zero-order valence-corrected chi connectivity index (χ0v) is 12.6. The van der Waals surface area contributed by atoms with E-state index in [4.69, 9.17) is 0 Å². The van der Waals surface area contributed by atoms with E-state index in [2.05, 4.69) is 0 Å². The maximum atomic E-state index is 12.7. The molecule has 1 saturated heterocycles. The van der Waals surface area contributed by atoms with Crippen molar-refractivity contribution in [2.24, 2.45) is 0 Å². The molecule has 1 unspecified atom stereocenters. The lowest BCUT2D eigenvalue weighted by Gasteiger charge is -2.27. The molecule has 4 heteroatoms. The molecule has 1 aromatic rings. The summed E-state index contributed by atoms with van der Waals surface area (Å²) < 4.78 is 0. The fourth-order valence-electron chi connectivity index (χ4n) is 2.71. The van der Waals surface area contributed by atoms with Crippen LogP contribution < -0.4 is 0 Å². The van der Waals surface area contributed by atoms with Crippen molar-refractivity contribution in [3.8, 4) is 0 Å². The summed E-state index contributed by atoms with van der Waals surface area (Å²) in [4.78, 5) is 28.1. The predicted octanol–water partition coefficient (Wildman–Crippen LogP) is 2.63. The van der Waals surface area contributed by atoms with Crippen molar-refractivity contribution >= 4 is 11.8 Å². The number of hydrogen-bond acceptors (Lipinski definition) is 2. The van der Waals surface area contributed by atoms with Crippen molar-refractivity contribution in [2.75, 3.05) is 20.6 Å². The lowest BCUT2D eigenvalue weighted by atomic mass is 9.96. The van der Waals surface area contributed by atoms with E-state index in [0.29, 0.717) is 6.54 Å². The highest BCUT2D eigenvalue weighted by atomic mass is 16.2. The zero-order chi connectivity index (χ0) is 14.9. The minimum absolute atomic E-state index is 0.0684. The Hall–Kier alpha value is -1.84. The van der Waals surface area contributed by atoms with E-state index in [1.54, 1.807) is 19.0 Å². The summed E-state index contributed by atoms with van der Waals surface area (Å²) >= 11 is 0. The lowest BCUT2D eigenvalue weighted by molar-refractivity contribution is 0.0871. The van der Waals surface area contributed by atoms with E-state index in [1.165, 1.54) is 4.90 Å². The molecule has 0 saturated carbocycles. The van der Waals surface area contributed by atoms with Gasteiger partial charge in [0.25, 0.3) is 0 Å². The quantitative estimate of drug-likeness (QED) is 0.778. The number of amides is 2. The van der Waals surface area contributed by atoms with Crippen LogP contribution in [0.3, 0.4) is 0 Å². The van der Waals surface area contributed by atoms with Crippen LogP contribution in [0.1, 0.15) is 34.3 Å². The number of rotatable bonds is 2. The van der Waals surface area contributed by atoms with Gasteiger partial charge in [-0.3, -0.25) is 4.79 Å². The summed E-state index contributed by atoms with van der Waals surface area (Å²) in [5.74, 6) is 0.0684. The molecule has 1 atom stereocenters. The monoisotopic (exact) mass is 274 g/mol. The first kappa shape index (κ1) is 14.6. The van der Waals surface area contributed by atoms with Gasteiger partial charge in [0, 0.05) is 26.2 Å². The summed E-state index contributed by atoms with van der Waals surface area (Å²) in [5.41, 5.74) is 2.79. The van der Waals surface area contributed by atoms with Crippen LogP contribution in [0.2, 0.25) is 0 Å². The molecule has 1 fully saturated rings. The van der Waals surface area contributed by atoms with E-state index in [1.807, 2.05) is 32.0 Å². The van der Waals surface area contributed by atoms with Gasteiger partial charge in [-0.25, -0.2) is 4.79 Å². The van der Waals surface area contributed by atoms with E-state index in [0.717, 1.165) is 29.5 Å². The van der Waals surface area contributed by atoms with Gasteiger partial charge >= 0.3 is 6.03 Å². The maximum Gasteiger partial charge on any atom is 0.320 e. The molecule has 0 N–H and O–H groups in total. The molecular formula is C16H22N2O2. The highest BCUT2D eigenvalue weighted by Gasteiger charge is 2.35. The molecule has 1 aliphatic rings. The summed E-state index contributed by atoms with van der Waals surface area (Å²) in [6.45, 7) is 4.59. The minimum atomic E-state index is -0.314. The van der Waals surface area contributed by atoms with Gasteiger partial charge in [0.15, 0.2) is 5.78 Å². The number of aryl methyl sites for hydroxylation is 2. The van der Waals surface area contributed by atoms with E-state index < -0.39 is 0 Å². The Balaban J connectivity index is 2.28. The Morgan fingerprint density at radius 1 is 1.25 bits per heavy atom. The third-order valence-corrected chi connectivity index (χ3v) is 3.84. The van der Waals surface area contributed by atoms with E-state index >= 15 is 0 Å². The Bertz CT molecular complexity index is 537. The number of hydrogen-bond donors (Lipinski definition) is 0. The van der Waals surface area contributed by atoms with Gasteiger partial charge in [0.05, 0.1) is 6.04 Å². The first-order valence-corrected chi connectivity index (χ1v) is 7.01. The normalized spacial score (nSPS) is 18.2. The van der Waals surface area contributed by atoms with Crippen molar-refractivity contribution in [1.82, 2.24) is 9.80 Å². The molecule has 0 aromatic heterocycles. The van der Waals surface area contributed by atoms with Crippen molar-refractivity contribution in [3.63, 3.8) is 0 Å². The van der Waals surface area contributed by atoms with Crippen LogP contribution >= 0.6 is 0 Å². The fraction of sp³-hybridized carbons (Fsp3) is 0.500. The highest BCUT2D eigenvalue weighted by Crippen LogP contribution is 2.24. The number of nitrogens with zero attached hydrogens (tertiary/aromatic N) is 2. The molecular weight excluding hydrogens is 252 g/mol. The van der Waals surface area contributed by atoms with Crippen molar-refractivity contribution < 1.29 is 9.59 Å². The van der Waals surface area contributed by atoms with Gasteiger partial charge < -0.3 is 9.80 Å². The van der Waals surface area contributed by atoms with Gasteiger partial charge in [-0.1, -0.05) is 17.7 Å². The van der Waals surface area contributed by atoms with Gasteiger partial charge in [-0.15, -0.1) is 0 Å². The summed E-state index contributed by atoms with van der Waals surface area (Å²) in [6, 6.07) is 5.50. The Labute approximate surface area is 120 Å². The Morgan fingerprint density at radius 2 is 1.95 bits per heavy atom. The van der Waals surface area contributed by atoms with Crippen molar-refractivity contribution in [2.45, 2.75) is 32.7 Å². The molecule has 1 aromatic carbocycles. The highest BCUT2D eigenvalue weighted by molar-refractivity contribution is 6.03. The standard InChI is InChI=1S/C16H22N2O2/c1-11-7-8-12(2)13(10-11)15(19)14-6-5-9-18(14)16(20)17(3)4/h7-8,10,14H,5-6,9H2,1-4H3. The van der Waals surface area contributed by atoms with Crippen LogP contribution in [0.25, 0.3) is 0 Å². The van der Waals surface area contributed by atoms with Crippen LogP contribution in [0.4, 0.5) is 4.79 Å². The first-order chi connectivity index (χ1) is 9.41. The van der Waals surface area contributed by atoms with Crippen LogP contribution in [-0.2, 0) is 0 Å². The number of carbonyl (C=O) groups excluding carboxylic acids is 2. The van der Waals surface area contributed by atoms with Crippen LogP contribution in [0.5, 0.6) is 0 Å². The Morgan fingerprint density at radius 3 is 2.60 bits per heavy atom. The van der Waals surface area contributed by atoms with Gasteiger partial charge in [0.1, 0.15) is 0 Å². The maximum absolute atomic E-state index is 12.7. The molecule has 108 valence electrons. The summed E-state index contributed by atoms with van der Waals surface area (Å²) in [5, 5.41) is 0. The molecule has 20 heavy (non-hydrogen) atoms. The minimum Gasteiger partial charge on any atom is -0.331 e. The average molecular weight is 274 g/mol. The fourth-order valence-corrected chi connectivity index (χ4v) is 2.71.